The summed E-state index contributed by atoms with van der Waals surface area (Å²) in [5, 5.41) is 5.81. The van der Waals surface area contributed by atoms with Gasteiger partial charge < -0.3 is 5.32 Å². The summed E-state index contributed by atoms with van der Waals surface area (Å²) in [7, 11) is 0. The number of aromatic nitrogens is 1. The molecule has 0 atom stereocenters. The molecular weight excluding hydrogens is 230 g/mol. The third kappa shape index (κ3) is 2.76. The molecule has 0 radical (unpaired) electrons. The van der Waals surface area contributed by atoms with Gasteiger partial charge in [0, 0.05) is 17.1 Å². The van der Waals surface area contributed by atoms with E-state index < -0.39 is 11.6 Å². The van der Waals surface area contributed by atoms with Gasteiger partial charge in [-0.15, -0.1) is 11.3 Å². The first-order valence-corrected chi connectivity index (χ1v) is 5.62. The van der Waals surface area contributed by atoms with Gasteiger partial charge in [0.15, 0.2) is 0 Å². The maximum Gasteiger partial charge on any atom is 0.128 e. The number of benzene rings is 1. The summed E-state index contributed by atoms with van der Waals surface area (Å²) in [6, 6.07) is 3.35. The molecular formula is C11H10F2N2S. The maximum absolute atomic E-state index is 12.9. The molecule has 0 saturated heterocycles. The molecule has 1 N–H and O–H groups in total. The third-order valence-corrected chi connectivity index (χ3v) is 2.83. The summed E-state index contributed by atoms with van der Waals surface area (Å²) in [6.45, 7) is 2.38. The molecule has 0 bridgehead atoms. The molecule has 2 rings (SSSR count). The van der Waals surface area contributed by atoms with Crippen molar-refractivity contribution in [3.05, 3.63) is 45.9 Å². The van der Waals surface area contributed by atoms with E-state index in [2.05, 4.69) is 10.3 Å². The topological polar surface area (TPSA) is 24.9 Å². The Morgan fingerprint density at radius 3 is 2.50 bits per heavy atom. The Balaban J connectivity index is 2.04. The number of rotatable bonds is 3. The van der Waals surface area contributed by atoms with E-state index in [0.29, 0.717) is 12.2 Å². The van der Waals surface area contributed by atoms with Crippen LogP contribution >= 0.6 is 11.3 Å². The molecule has 1 aromatic heterocycles. The zero-order valence-electron chi connectivity index (χ0n) is 8.63. The van der Waals surface area contributed by atoms with Gasteiger partial charge in [-0.2, -0.15) is 0 Å². The Kier molecular flexibility index (Phi) is 3.14. The van der Waals surface area contributed by atoms with Crippen molar-refractivity contribution in [3.8, 4) is 0 Å². The average Bonchev–Trinajstić information content (AvgIpc) is 2.60. The Bertz CT molecular complexity index is 476. The summed E-state index contributed by atoms with van der Waals surface area (Å²) in [5.74, 6) is -1.17. The molecule has 84 valence electrons. The van der Waals surface area contributed by atoms with E-state index in [1.165, 1.54) is 12.1 Å². The number of hydrogen-bond donors (Lipinski definition) is 1. The smallest absolute Gasteiger partial charge is 0.128 e. The van der Waals surface area contributed by atoms with Crippen LogP contribution in [0.15, 0.2) is 23.6 Å². The minimum atomic E-state index is -0.586. The second-order valence-electron chi connectivity index (χ2n) is 3.37. The lowest BCUT2D eigenvalue weighted by Gasteiger charge is -2.04. The van der Waals surface area contributed by atoms with Crippen LogP contribution < -0.4 is 5.32 Å². The first-order valence-electron chi connectivity index (χ1n) is 4.74. The van der Waals surface area contributed by atoms with E-state index in [9.17, 15) is 8.78 Å². The fourth-order valence-corrected chi connectivity index (χ4v) is 1.95. The van der Waals surface area contributed by atoms with Crippen LogP contribution in [-0.4, -0.2) is 4.98 Å². The average molecular weight is 240 g/mol. The van der Waals surface area contributed by atoms with Crippen molar-refractivity contribution in [2.24, 2.45) is 0 Å². The lowest BCUT2D eigenvalue weighted by Crippen LogP contribution is -2.00. The van der Waals surface area contributed by atoms with Crippen molar-refractivity contribution in [2.45, 2.75) is 13.5 Å². The molecule has 0 aliphatic heterocycles. The van der Waals surface area contributed by atoms with Gasteiger partial charge in [-0.05, 0) is 19.1 Å². The highest BCUT2D eigenvalue weighted by Gasteiger charge is 2.01. The first-order chi connectivity index (χ1) is 7.63. The quantitative estimate of drug-likeness (QED) is 0.890. The highest BCUT2D eigenvalue weighted by Crippen LogP contribution is 2.15. The van der Waals surface area contributed by atoms with Gasteiger partial charge >= 0.3 is 0 Å². The minimum Gasteiger partial charge on any atom is -0.379 e. The second-order valence-corrected chi connectivity index (χ2v) is 4.43. The molecule has 2 aromatic rings. The Hall–Kier alpha value is -1.49. The van der Waals surface area contributed by atoms with Crippen molar-refractivity contribution in [1.29, 1.82) is 0 Å². The molecule has 16 heavy (non-hydrogen) atoms. The van der Waals surface area contributed by atoms with Crippen molar-refractivity contribution >= 4 is 17.0 Å². The van der Waals surface area contributed by atoms with Crippen LogP contribution in [0.25, 0.3) is 0 Å². The number of nitrogens with one attached hydrogen (secondary N) is 1. The number of anilines is 1. The Labute approximate surface area is 96.0 Å². The third-order valence-electron chi connectivity index (χ3n) is 2.00. The molecule has 0 saturated carbocycles. The number of nitrogens with zero attached hydrogens (tertiary/aromatic N) is 1. The number of aryl methyl sites for hydroxylation is 1. The van der Waals surface area contributed by atoms with Gasteiger partial charge in [0.2, 0.25) is 0 Å². The van der Waals surface area contributed by atoms with Crippen LogP contribution in [0.2, 0.25) is 0 Å². The predicted octanol–water partition coefficient (Wildman–Crippen LogP) is 3.34. The monoisotopic (exact) mass is 240 g/mol. The van der Waals surface area contributed by atoms with Crippen LogP contribution in [0, 0.1) is 18.6 Å². The summed E-state index contributed by atoms with van der Waals surface area (Å²) in [6.07, 6.45) is 0. The zero-order valence-corrected chi connectivity index (χ0v) is 9.44. The highest BCUT2D eigenvalue weighted by atomic mass is 32.1. The number of halogens is 2. The standard InChI is InChI=1S/C11H10F2N2S/c1-7-15-11(6-16-7)5-14-10-3-8(12)2-9(13)4-10/h2-4,6,14H,5H2,1H3. The maximum atomic E-state index is 12.9. The largest absolute Gasteiger partial charge is 0.379 e. The van der Waals surface area contributed by atoms with Crippen LogP contribution in [-0.2, 0) is 6.54 Å². The number of hydrogen-bond acceptors (Lipinski definition) is 3. The molecule has 2 nitrogen and oxygen atoms in total. The zero-order chi connectivity index (χ0) is 11.5. The minimum absolute atomic E-state index is 0.420. The van der Waals surface area contributed by atoms with Crippen molar-refractivity contribution in [3.63, 3.8) is 0 Å². The molecule has 0 spiro atoms. The van der Waals surface area contributed by atoms with Crippen LogP contribution in [0.3, 0.4) is 0 Å². The van der Waals surface area contributed by atoms with Crippen molar-refractivity contribution < 1.29 is 8.78 Å². The van der Waals surface area contributed by atoms with Gasteiger partial charge in [0.25, 0.3) is 0 Å². The fraction of sp³-hybridized carbons (Fsp3) is 0.182. The summed E-state index contributed by atoms with van der Waals surface area (Å²) in [4.78, 5) is 4.24. The van der Waals surface area contributed by atoms with Gasteiger partial charge in [-0.25, -0.2) is 13.8 Å². The van der Waals surface area contributed by atoms with E-state index in [1.807, 2.05) is 12.3 Å². The normalized spacial score (nSPS) is 10.4. The Morgan fingerprint density at radius 2 is 1.94 bits per heavy atom. The summed E-state index contributed by atoms with van der Waals surface area (Å²) < 4.78 is 25.7. The molecule has 0 aliphatic rings. The predicted molar refractivity (Wildman–Crippen MR) is 60.5 cm³/mol. The van der Waals surface area contributed by atoms with Crippen LogP contribution in [0.4, 0.5) is 14.5 Å². The summed E-state index contributed by atoms with van der Waals surface area (Å²) >= 11 is 1.55. The molecule has 0 unspecified atom stereocenters. The SMILES string of the molecule is Cc1nc(CNc2cc(F)cc(F)c2)cs1. The van der Waals surface area contributed by atoms with Gasteiger partial charge in [0.05, 0.1) is 17.2 Å². The van der Waals surface area contributed by atoms with Crippen molar-refractivity contribution in [1.82, 2.24) is 4.98 Å². The molecule has 5 heteroatoms. The molecule has 1 heterocycles. The lowest BCUT2D eigenvalue weighted by molar-refractivity contribution is 0.584. The van der Waals surface area contributed by atoms with Gasteiger partial charge in [0.1, 0.15) is 11.6 Å². The first kappa shape index (κ1) is 11.0. The van der Waals surface area contributed by atoms with E-state index in [4.69, 9.17) is 0 Å². The molecule has 0 fully saturated rings. The van der Waals surface area contributed by atoms with Gasteiger partial charge in [-0.1, -0.05) is 0 Å². The molecule has 1 aromatic carbocycles. The molecule has 0 aliphatic carbocycles. The lowest BCUT2D eigenvalue weighted by atomic mass is 10.3. The Morgan fingerprint density at radius 1 is 1.25 bits per heavy atom. The van der Waals surface area contributed by atoms with E-state index in [-0.39, 0.29) is 0 Å². The van der Waals surface area contributed by atoms with E-state index >= 15 is 0 Å². The van der Waals surface area contributed by atoms with Crippen molar-refractivity contribution in [2.75, 3.05) is 5.32 Å². The van der Waals surface area contributed by atoms with E-state index in [1.54, 1.807) is 11.3 Å². The fourth-order valence-electron chi connectivity index (χ4n) is 1.34. The molecule has 0 amide bonds. The van der Waals surface area contributed by atoms with E-state index in [0.717, 1.165) is 16.8 Å². The van der Waals surface area contributed by atoms with Gasteiger partial charge in [-0.3, -0.25) is 0 Å². The number of thiazole rings is 1. The summed E-state index contributed by atoms with van der Waals surface area (Å²) in [5.41, 5.74) is 1.29. The van der Waals surface area contributed by atoms with Crippen LogP contribution in [0.1, 0.15) is 10.7 Å². The highest BCUT2D eigenvalue weighted by molar-refractivity contribution is 7.09. The second kappa shape index (κ2) is 4.57. The van der Waals surface area contributed by atoms with Crippen LogP contribution in [0.5, 0.6) is 0 Å².